The Bertz CT molecular complexity index is 2870. The number of thiophene rings is 1. The Morgan fingerprint density at radius 1 is 0.611 bits per heavy atom. The third-order valence-corrected chi connectivity index (χ3v) is 14.9. The number of benzene rings is 6. The van der Waals surface area contributed by atoms with E-state index in [0.29, 0.717) is 5.92 Å². The second kappa shape index (κ2) is 10.6. The van der Waals surface area contributed by atoms with Gasteiger partial charge in [-0.25, -0.2) is 0 Å². The van der Waals surface area contributed by atoms with Crippen LogP contribution in [0.4, 0.5) is 11.4 Å². The Labute approximate surface area is 321 Å². The number of rotatable bonds is 3. The minimum Gasteiger partial charge on any atom is -0.313 e. The molecule has 2 heteroatoms. The Balaban J connectivity index is 1.12. The van der Waals surface area contributed by atoms with Gasteiger partial charge in [-0.1, -0.05) is 137 Å². The Morgan fingerprint density at radius 3 is 2.19 bits per heavy atom. The fourth-order valence-electron chi connectivity index (χ4n) is 11.2. The van der Waals surface area contributed by atoms with Crippen molar-refractivity contribution in [2.24, 2.45) is 0 Å². The summed E-state index contributed by atoms with van der Waals surface area (Å²) >= 11 is 2.01. The van der Waals surface area contributed by atoms with Crippen molar-refractivity contribution in [1.29, 1.82) is 0 Å². The maximum absolute atomic E-state index is 2.69. The van der Waals surface area contributed by atoms with E-state index in [9.17, 15) is 0 Å². The highest BCUT2D eigenvalue weighted by atomic mass is 32.1. The van der Waals surface area contributed by atoms with Gasteiger partial charge in [0.15, 0.2) is 0 Å². The minimum absolute atomic E-state index is 0.0457. The van der Waals surface area contributed by atoms with Gasteiger partial charge in [0, 0.05) is 59.8 Å². The molecule has 0 saturated heterocycles. The molecule has 0 bridgehead atoms. The van der Waals surface area contributed by atoms with E-state index in [0.717, 1.165) is 19.3 Å². The van der Waals surface area contributed by atoms with Crippen LogP contribution in [0.1, 0.15) is 84.7 Å². The van der Waals surface area contributed by atoms with Gasteiger partial charge in [0.1, 0.15) is 0 Å². The van der Waals surface area contributed by atoms with Crippen molar-refractivity contribution in [3.05, 3.63) is 183 Å². The number of nitrogens with zero attached hydrogens (tertiary/aromatic N) is 1. The van der Waals surface area contributed by atoms with Crippen molar-refractivity contribution in [3.8, 4) is 33.4 Å². The first-order valence-electron chi connectivity index (χ1n) is 19.7. The molecule has 0 fully saturated rings. The van der Waals surface area contributed by atoms with Crippen molar-refractivity contribution in [1.82, 2.24) is 0 Å². The lowest BCUT2D eigenvalue weighted by atomic mass is 9.79. The Hall–Kier alpha value is -5.44. The second-order valence-corrected chi connectivity index (χ2v) is 18.1. The lowest BCUT2D eigenvalue weighted by Crippen LogP contribution is -2.23. The van der Waals surface area contributed by atoms with Crippen LogP contribution < -0.4 is 4.90 Å². The summed E-state index contributed by atoms with van der Waals surface area (Å²) in [6.45, 7) is 9.64. The molecule has 1 unspecified atom stereocenters. The predicted octanol–water partition coefficient (Wildman–Crippen LogP) is 14.1. The summed E-state index contributed by atoms with van der Waals surface area (Å²) in [5.41, 5.74) is 23.8. The maximum atomic E-state index is 2.69. The zero-order valence-electron chi connectivity index (χ0n) is 31.3. The van der Waals surface area contributed by atoms with Gasteiger partial charge in [0.2, 0.25) is 0 Å². The van der Waals surface area contributed by atoms with E-state index in [2.05, 4.69) is 166 Å². The van der Waals surface area contributed by atoms with Crippen LogP contribution in [0.25, 0.3) is 49.0 Å². The van der Waals surface area contributed by atoms with Crippen LogP contribution in [0, 0.1) is 0 Å². The van der Waals surface area contributed by atoms with E-state index in [4.69, 9.17) is 0 Å². The van der Waals surface area contributed by atoms with Gasteiger partial charge in [-0.2, -0.15) is 0 Å². The highest BCUT2D eigenvalue weighted by Crippen LogP contribution is 2.61. The first-order chi connectivity index (χ1) is 26.3. The fourth-order valence-corrected chi connectivity index (χ4v) is 12.6. The molecule has 0 aliphatic heterocycles. The van der Waals surface area contributed by atoms with Crippen molar-refractivity contribution in [2.45, 2.75) is 63.7 Å². The topological polar surface area (TPSA) is 3.24 Å². The Morgan fingerprint density at radius 2 is 1.31 bits per heavy atom. The van der Waals surface area contributed by atoms with E-state index >= 15 is 0 Å². The van der Waals surface area contributed by atoms with Crippen LogP contribution in [0.5, 0.6) is 0 Å². The SMILES string of the molecule is CC1(C)C2=CCCC(N(c3ccc4c(c3)-c3cccc5c3C(C4)c3sc4ccccc4c3-5)c3cccc4c3-c3ccccc3C4(C)C)=C2c2ccccc21. The van der Waals surface area contributed by atoms with Gasteiger partial charge >= 0.3 is 0 Å². The highest BCUT2D eigenvalue weighted by Gasteiger charge is 2.44. The number of allylic oxidation sites excluding steroid dienone is 4. The molecule has 0 radical (unpaired) electrons. The number of hydrogen-bond acceptors (Lipinski definition) is 2. The molecule has 7 aromatic rings. The molecule has 1 atom stereocenters. The fraction of sp³-hybridized carbons (Fsp3) is 0.192. The molecule has 1 aromatic heterocycles. The quantitative estimate of drug-likeness (QED) is 0.176. The van der Waals surface area contributed by atoms with Crippen LogP contribution in [0.15, 0.2) is 145 Å². The van der Waals surface area contributed by atoms with Crippen molar-refractivity contribution < 1.29 is 0 Å². The van der Waals surface area contributed by atoms with Crippen LogP contribution in [0.3, 0.4) is 0 Å². The molecule has 0 spiro atoms. The van der Waals surface area contributed by atoms with Crippen molar-refractivity contribution in [2.75, 3.05) is 4.90 Å². The zero-order valence-corrected chi connectivity index (χ0v) is 32.1. The summed E-state index contributed by atoms with van der Waals surface area (Å²) in [6, 6.07) is 48.9. The number of fused-ring (bicyclic) bond motifs is 13. The van der Waals surface area contributed by atoms with E-state index in [1.54, 1.807) is 4.88 Å². The lowest BCUT2D eigenvalue weighted by molar-refractivity contribution is 0.652. The summed E-state index contributed by atoms with van der Waals surface area (Å²) in [4.78, 5) is 4.24. The molecule has 5 aliphatic carbocycles. The zero-order chi connectivity index (χ0) is 36.1. The minimum atomic E-state index is -0.0789. The first-order valence-corrected chi connectivity index (χ1v) is 20.5. The largest absolute Gasteiger partial charge is 0.313 e. The summed E-state index contributed by atoms with van der Waals surface area (Å²) in [5, 5.41) is 1.41. The third-order valence-electron chi connectivity index (χ3n) is 13.7. The normalized spacial score (nSPS) is 18.7. The van der Waals surface area contributed by atoms with Gasteiger partial charge in [-0.15, -0.1) is 11.3 Å². The van der Waals surface area contributed by atoms with E-state index in [-0.39, 0.29) is 10.8 Å². The third kappa shape index (κ3) is 3.84. The Kier molecular flexibility index (Phi) is 6.09. The summed E-state index contributed by atoms with van der Waals surface area (Å²) in [7, 11) is 0. The smallest absolute Gasteiger partial charge is 0.0540 e. The maximum Gasteiger partial charge on any atom is 0.0540 e. The first kappa shape index (κ1) is 31.0. The van der Waals surface area contributed by atoms with Gasteiger partial charge in [0.25, 0.3) is 0 Å². The van der Waals surface area contributed by atoms with Gasteiger partial charge in [-0.05, 0) is 105 Å². The molecule has 5 aliphatic rings. The monoisotopic (exact) mass is 711 g/mol. The molecule has 0 amide bonds. The lowest BCUT2D eigenvalue weighted by Gasteiger charge is -2.36. The predicted molar refractivity (Wildman–Crippen MR) is 228 cm³/mol. The van der Waals surface area contributed by atoms with Crippen LogP contribution in [0.2, 0.25) is 0 Å². The van der Waals surface area contributed by atoms with Gasteiger partial charge in [-0.3, -0.25) is 0 Å². The van der Waals surface area contributed by atoms with Gasteiger partial charge < -0.3 is 4.90 Å². The van der Waals surface area contributed by atoms with Gasteiger partial charge in [0.05, 0.1) is 5.69 Å². The van der Waals surface area contributed by atoms with Crippen molar-refractivity contribution in [3.63, 3.8) is 0 Å². The molecule has 0 saturated carbocycles. The second-order valence-electron chi connectivity index (χ2n) is 17.1. The summed E-state index contributed by atoms with van der Waals surface area (Å²) in [5.74, 6) is 0.419. The van der Waals surface area contributed by atoms with Crippen molar-refractivity contribution >= 4 is 38.4 Å². The van der Waals surface area contributed by atoms with E-state index in [1.165, 1.54) is 105 Å². The molecule has 1 heterocycles. The summed E-state index contributed by atoms with van der Waals surface area (Å²) in [6.07, 6.45) is 5.61. The molecule has 0 N–H and O–H groups in total. The van der Waals surface area contributed by atoms with E-state index in [1.807, 2.05) is 11.3 Å². The van der Waals surface area contributed by atoms with Crippen LogP contribution in [-0.2, 0) is 17.3 Å². The van der Waals surface area contributed by atoms with Crippen LogP contribution >= 0.6 is 11.3 Å². The molecular weight excluding hydrogens is 671 g/mol. The highest BCUT2D eigenvalue weighted by molar-refractivity contribution is 7.20. The summed E-state index contributed by atoms with van der Waals surface area (Å²) < 4.78 is 1.41. The molecule has 260 valence electrons. The molecular formula is C52H41NS. The molecule has 54 heavy (non-hydrogen) atoms. The number of anilines is 2. The molecule has 12 rings (SSSR count). The molecule has 6 aromatic carbocycles. The standard InChI is InChI=1S/C52H41NS/c1-51(2)39-19-8-5-14-33(39)48-41(51)21-12-23-43(48)53(44-24-13-22-42-49(44)34-15-6-9-20-40(34)52(42,3)4)31-27-26-30-28-38-46-32(37(30)29-31)17-11-18-36(46)47-35-16-7-10-25-45(35)54-50(38)47/h5-12,14-23,25-27,29,38H,13,24,28H2,1-4H3. The molecule has 1 nitrogen and oxygen atoms in total. The average Bonchev–Trinajstić information content (AvgIpc) is 3.87. The average molecular weight is 712 g/mol. The number of hydrogen-bond donors (Lipinski definition) is 0. The van der Waals surface area contributed by atoms with E-state index < -0.39 is 0 Å². The van der Waals surface area contributed by atoms with Crippen LogP contribution in [-0.4, -0.2) is 0 Å².